The van der Waals surface area contributed by atoms with Gasteiger partial charge in [-0.05, 0) is 75.1 Å². The third-order valence-corrected chi connectivity index (χ3v) is 7.19. The molecule has 2 amide bonds. The molecule has 204 valence electrons. The van der Waals surface area contributed by atoms with E-state index in [9.17, 15) is 9.59 Å². The fourth-order valence-electron chi connectivity index (χ4n) is 4.97. The summed E-state index contributed by atoms with van der Waals surface area (Å²) in [5.74, 6) is 1.04. The quantitative estimate of drug-likeness (QED) is 0.236. The largest absolute Gasteiger partial charge is 0.495 e. The molecular weight excluding hydrogens is 488 g/mol. The van der Waals surface area contributed by atoms with E-state index in [4.69, 9.17) is 9.72 Å². The average Bonchev–Trinajstić information content (AvgIpc) is 2.92. The number of ether oxygens (including phenoxy) is 1. The zero-order chi connectivity index (χ0) is 28.1. The lowest BCUT2D eigenvalue weighted by Gasteiger charge is -2.31. The number of aryl methyl sites for hydroxylation is 3. The minimum Gasteiger partial charge on any atom is -0.495 e. The molecule has 0 aliphatic heterocycles. The van der Waals surface area contributed by atoms with Crippen molar-refractivity contribution < 1.29 is 9.53 Å². The predicted octanol–water partition coefficient (Wildman–Crippen LogP) is 7.10. The molecule has 0 bridgehead atoms. The van der Waals surface area contributed by atoms with E-state index >= 15 is 0 Å². The highest BCUT2D eigenvalue weighted by atomic mass is 16.5. The van der Waals surface area contributed by atoms with E-state index in [0.29, 0.717) is 34.7 Å². The van der Waals surface area contributed by atoms with Gasteiger partial charge in [0.25, 0.3) is 5.56 Å². The molecule has 3 aromatic carbocycles. The van der Waals surface area contributed by atoms with Crippen LogP contribution in [0.1, 0.15) is 61.7 Å². The van der Waals surface area contributed by atoms with E-state index in [2.05, 4.69) is 12.2 Å². The normalized spacial score (nSPS) is 11.8. The second-order valence-corrected chi connectivity index (χ2v) is 10.1. The van der Waals surface area contributed by atoms with Crippen LogP contribution in [0, 0.1) is 20.8 Å². The average molecular weight is 527 g/mol. The number of fused-ring (bicyclic) bond motifs is 1. The summed E-state index contributed by atoms with van der Waals surface area (Å²) in [5, 5.41) is 3.65. The summed E-state index contributed by atoms with van der Waals surface area (Å²) in [7, 11) is 1.59. The molecule has 1 aromatic heterocycles. The first-order chi connectivity index (χ1) is 18.8. The number of hydrogen-bond donors (Lipinski definition) is 1. The summed E-state index contributed by atoms with van der Waals surface area (Å²) in [4.78, 5) is 34.7. The minimum atomic E-state index is -0.506. The lowest BCUT2D eigenvalue weighted by Crippen LogP contribution is -2.40. The van der Waals surface area contributed by atoms with E-state index in [1.165, 1.54) is 0 Å². The van der Waals surface area contributed by atoms with Crippen LogP contribution < -0.4 is 15.6 Å². The molecule has 0 spiro atoms. The molecule has 7 nitrogen and oxygen atoms in total. The summed E-state index contributed by atoms with van der Waals surface area (Å²) in [6.45, 7) is 10.5. The van der Waals surface area contributed by atoms with Crippen molar-refractivity contribution >= 4 is 22.6 Å². The second-order valence-electron chi connectivity index (χ2n) is 10.1. The van der Waals surface area contributed by atoms with Crippen molar-refractivity contribution in [3.63, 3.8) is 0 Å². The number of unbranched alkanes of at least 4 members (excludes halogenated alkanes) is 2. The maximum atomic E-state index is 14.0. The number of carbonyl (C=O) groups excluding carboxylic acids is 1. The number of anilines is 1. The minimum absolute atomic E-state index is 0.199. The van der Waals surface area contributed by atoms with Gasteiger partial charge in [-0.15, -0.1) is 0 Å². The highest BCUT2D eigenvalue weighted by Gasteiger charge is 2.28. The van der Waals surface area contributed by atoms with E-state index in [0.717, 1.165) is 41.6 Å². The summed E-state index contributed by atoms with van der Waals surface area (Å²) >= 11 is 0. The molecule has 0 fully saturated rings. The van der Waals surface area contributed by atoms with Gasteiger partial charge in [0.2, 0.25) is 0 Å². The van der Waals surface area contributed by atoms with Crippen LogP contribution in [0.4, 0.5) is 10.5 Å². The molecule has 4 aromatic rings. The standard InChI is InChI=1S/C32H38N4O3/c1-7-8-11-19-35(32(38)34-29-22(3)13-12-14-23(29)4)24(5)30-33-26-16-10-9-15-25(26)31(37)36(30)27-20-21(2)17-18-28(27)39-6/h9-10,12-18,20,24H,7-8,11,19H2,1-6H3,(H,34,38). The Hall–Kier alpha value is -4.13. The van der Waals surface area contributed by atoms with Gasteiger partial charge in [-0.2, -0.15) is 0 Å². The summed E-state index contributed by atoms with van der Waals surface area (Å²) in [6, 6.07) is 18.3. The molecule has 4 rings (SSSR count). The summed E-state index contributed by atoms with van der Waals surface area (Å²) in [6.07, 6.45) is 2.86. The van der Waals surface area contributed by atoms with E-state index in [-0.39, 0.29) is 11.6 Å². The number of benzene rings is 3. The molecule has 0 radical (unpaired) electrons. The molecule has 1 unspecified atom stereocenters. The summed E-state index contributed by atoms with van der Waals surface area (Å²) < 4.78 is 7.28. The topological polar surface area (TPSA) is 76.5 Å². The first kappa shape index (κ1) is 27.9. The molecular formula is C32H38N4O3. The highest BCUT2D eigenvalue weighted by molar-refractivity contribution is 5.91. The second kappa shape index (κ2) is 12.2. The van der Waals surface area contributed by atoms with Crippen LogP contribution in [0.2, 0.25) is 0 Å². The number of para-hydroxylation sites is 2. The van der Waals surface area contributed by atoms with Crippen LogP contribution >= 0.6 is 0 Å². The lowest BCUT2D eigenvalue weighted by atomic mass is 10.1. The number of hydrogen-bond acceptors (Lipinski definition) is 4. The van der Waals surface area contributed by atoms with Gasteiger partial charge >= 0.3 is 6.03 Å². The zero-order valence-electron chi connectivity index (χ0n) is 23.7. The summed E-state index contributed by atoms with van der Waals surface area (Å²) in [5.41, 5.74) is 4.78. The fourth-order valence-corrected chi connectivity index (χ4v) is 4.97. The van der Waals surface area contributed by atoms with Crippen LogP contribution in [-0.2, 0) is 0 Å². The van der Waals surface area contributed by atoms with Crippen LogP contribution in [0.5, 0.6) is 5.75 Å². The van der Waals surface area contributed by atoms with Gasteiger partial charge in [0.1, 0.15) is 11.6 Å². The Morgan fingerprint density at radius 3 is 2.44 bits per heavy atom. The Labute approximate surface area is 230 Å². The van der Waals surface area contributed by atoms with Crippen molar-refractivity contribution in [2.24, 2.45) is 0 Å². The zero-order valence-corrected chi connectivity index (χ0v) is 23.7. The molecule has 0 aliphatic rings. The van der Waals surface area contributed by atoms with Gasteiger partial charge in [0, 0.05) is 12.2 Å². The number of nitrogens with zero attached hydrogens (tertiary/aromatic N) is 3. The van der Waals surface area contributed by atoms with E-state index in [1.807, 2.05) is 82.3 Å². The van der Waals surface area contributed by atoms with Crippen molar-refractivity contribution in [2.75, 3.05) is 19.0 Å². The van der Waals surface area contributed by atoms with Crippen LogP contribution in [0.15, 0.2) is 65.5 Å². The van der Waals surface area contributed by atoms with Gasteiger partial charge < -0.3 is 15.0 Å². The molecule has 1 N–H and O–H groups in total. The van der Waals surface area contributed by atoms with Gasteiger partial charge in [0.15, 0.2) is 0 Å². The molecule has 0 saturated heterocycles. The highest BCUT2D eigenvalue weighted by Crippen LogP contribution is 2.30. The Morgan fingerprint density at radius 1 is 1.03 bits per heavy atom. The van der Waals surface area contributed by atoms with Crippen molar-refractivity contribution in [1.29, 1.82) is 0 Å². The number of methoxy groups -OCH3 is 1. The third-order valence-electron chi connectivity index (χ3n) is 7.19. The van der Waals surface area contributed by atoms with Crippen LogP contribution in [0.3, 0.4) is 0 Å². The fraction of sp³-hybridized carbons (Fsp3) is 0.344. The van der Waals surface area contributed by atoms with Gasteiger partial charge in [-0.3, -0.25) is 9.36 Å². The van der Waals surface area contributed by atoms with Gasteiger partial charge in [-0.25, -0.2) is 9.78 Å². The maximum absolute atomic E-state index is 14.0. The van der Waals surface area contributed by atoms with Crippen LogP contribution in [0.25, 0.3) is 16.6 Å². The van der Waals surface area contributed by atoms with Crippen molar-refractivity contribution in [1.82, 2.24) is 14.5 Å². The van der Waals surface area contributed by atoms with Crippen LogP contribution in [-0.4, -0.2) is 34.1 Å². The molecule has 1 heterocycles. The maximum Gasteiger partial charge on any atom is 0.322 e. The van der Waals surface area contributed by atoms with Gasteiger partial charge in [-0.1, -0.05) is 56.2 Å². The number of rotatable bonds is 9. The Balaban J connectivity index is 1.89. The first-order valence-electron chi connectivity index (χ1n) is 13.6. The van der Waals surface area contributed by atoms with Gasteiger partial charge in [0.05, 0.1) is 29.7 Å². The molecule has 0 saturated carbocycles. The smallest absolute Gasteiger partial charge is 0.322 e. The first-order valence-corrected chi connectivity index (χ1v) is 13.6. The Bertz CT molecular complexity index is 1520. The van der Waals surface area contributed by atoms with E-state index < -0.39 is 6.04 Å². The SMILES string of the molecule is CCCCCN(C(=O)Nc1c(C)cccc1C)C(C)c1nc2ccccc2c(=O)n1-c1cc(C)ccc1OC. The lowest BCUT2D eigenvalue weighted by molar-refractivity contribution is 0.187. The molecule has 0 aliphatic carbocycles. The number of amides is 2. The third kappa shape index (κ3) is 5.82. The number of urea groups is 1. The van der Waals surface area contributed by atoms with Crippen molar-refractivity contribution in [3.05, 3.63) is 93.5 Å². The van der Waals surface area contributed by atoms with Crippen molar-refractivity contribution in [2.45, 2.75) is 59.9 Å². The predicted molar refractivity (Wildman–Crippen MR) is 158 cm³/mol. The number of nitrogens with one attached hydrogen (secondary N) is 1. The number of carbonyl (C=O) groups is 1. The Kier molecular flexibility index (Phi) is 8.69. The van der Waals surface area contributed by atoms with Crippen molar-refractivity contribution in [3.8, 4) is 11.4 Å². The number of aromatic nitrogens is 2. The Morgan fingerprint density at radius 2 is 1.74 bits per heavy atom. The molecule has 1 atom stereocenters. The molecule has 39 heavy (non-hydrogen) atoms. The van der Waals surface area contributed by atoms with E-state index in [1.54, 1.807) is 22.6 Å². The monoisotopic (exact) mass is 526 g/mol. The molecule has 7 heteroatoms.